The van der Waals surface area contributed by atoms with Crippen LogP contribution in [0.1, 0.15) is 37.9 Å². The van der Waals surface area contributed by atoms with E-state index < -0.39 is 0 Å². The third-order valence-electron chi connectivity index (χ3n) is 2.93. The summed E-state index contributed by atoms with van der Waals surface area (Å²) in [4.78, 5) is 8.57. The molecule has 0 aliphatic heterocycles. The number of hydrogen-bond donors (Lipinski definition) is 1. The lowest BCUT2D eigenvalue weighted by Crippen LogP contribution is -2.08. The first-order chi connectivity index (χ1) is 9.52. The fourth-order valence-electron chi connectivity index (χ4n) is 2.07. The maximum absolute atomic E-state index is 5.92. The molecule has 0 aliphatic carbocycles. The predicted molar refractivity (Wildman–Crippen MR) is 78.3 cm³/mol. The van der Waals surface area contributed by atoms with E-state index in [4.69, 9.17) is 4.74 Å². The lowest BCUT2D eigenvalue weighted by Gasteiger charge is -2.16. The Labute approximate surface area is 119 Å². The summed E-state index contributed by atoms with van der Waals surface area (Å²) in [7, 11) is 1.85. The van der Waals surface area contributed by atoms with Gasteiger partial charge in [0.15, 0.2) is 0 Å². The molecule has 0 spiro atoms. The Morgan fingerprint density at radius 2 is 2.10 bits per heavy atom. The van der Waals surface area contributed by atoms with Crippen molar-refractivity contribution >= 4 is 5.82 Å². The van der Waals surface area contributed by atoms with Crippen LogP contribution in [-0.2, 0) is 7.05 Å². The number of aryl methyl sites for hydroxylation is 2. The minimum atomic E-state index is 0.259. The lowest BCUT2D eigenvalue weighted by molar-refractivity contribution is 0.407. The number of nitrogens with zero attached hydrogens (tertiary/aromatic N) is 4. The molecule has 0 radical (unpaired) electrons. The molecule has 0 bridgehead atoms. The summed E-state index contributed by atoms with van der Waals surface area (Å²) >= 11 is 0. The van der Waals surface area contributed by atoms with Gasteiger partial charge in [0.05, 0.1) is 11.3 Å². The van der Waals surface area contributed by atoms with E-state index in [2.05, 4.69) is 34.2 Å². The second-order valence-corrected chi connectivity index (χ2v) is 4.98. The first-order valence-electron chi connectivity index (χ1n) is 6.80. The molecular formula is C14H21N5O. The van der Waals surface area contributed by atoms with E-state index in [0.717, 1.165) is 23.6 Å². The predicted octanol–water partition coefficient (Wildman–Crippen LogP) is 2.87. The first-order valence-corrected chi connectivity index (χ1v) is 6.80. The van der Waals surface area contributed by atoms with Crippen LogP contribution in [0.25, 0.3) is 0 Å². The van der Waals surface area contributed by atoms with E-state index >= 15 is 0 Å². The van der Waals surface area contributed by atoms with Crippen molar-refractivity contribution in [3.63, 3.8) is 0 Å². The quantitative estimate of drug-likeness (QED) is 0.909. The molecule has 20 heavy (non-hydrogen) atoms. The van der Waals surface area contributed by atoms with Crippen LogP contribution in [0.5, 0.6) is 11.8 Å². The third kappa shape index (κ3) is 2.89. The van der Waals surface area contributed by atoms with Crippen LogP contribution in [0.2, 0.25) is 0 Å². The maximum atomic E-state index is 5.92. The normalized spacial score (nSPS) is 10.9. The van der Waals surface area contributed by atoms with E-state index in [1.54, 1.807) is 4.68 Å². The molecule has 6 nitrogen and oxygen atoms in total. The smallest absolute Gasteiger partial charge is 0.229 e. The van der Waals surface area contributed by atoms with Crippen LogP contribution < -0.4 is 10.1 Å². The second-order valence-electron chi connectivity index (χ2n) is 4.98. The van der Waals surface area contributed by atoms with Crippen LogP contribution in [0.15, 0.2) is 12.4 Å². The minimum absolute atomic E-state index is 0.259. The molecular weight excluding hydrogens is 254 g/mol. The van der Waals surface area contributed by atoms with Gasteiger partial charge in [-0.25, -0.2) is 14.6 Å². The number of ether oxygens (including phenoxy) is 1. The van der Waals surface area contributed by atoms with Crippen molar-refractivity contribution in [3.8, 4) is 11.8 Å². The fraction of sp³-hybridized carbons (Fsp3) is 0.500. The molecule has 0 fully saturated rings. The number of nitrogens with one attached hydrogen (secondary N) is 1. The van der Waals surface area contributed by atoms with Gasteiger partial charge in [-0.15, -0.1) is 0 Å². The first kappa shape index (κ1) is 14.3. The van der Waals surface area contributed by atoms with Crippen LogP contribution in [0, 0.1) is 6.92 Å². The molecule has 0 saturated carbocycles. The van der Waals surface area contributed by atoms with Gasteiger partial charge in [0.2, 0.25) is 11.8 Å². The number of rotatable bonds is 5. The van der Waals surface area contributed by atoms with Gasteiger partial charge in [-0.1, -0.05) is 13.8 Å². The average molecular weight is 275 g/mol. The Morgan fingerprint density at radius 3 is 2.65 bits per heavy atom. The van der Waals surface area contributed by atoms with Crippen LogP contribution in [0.3, 0.4) is 0 Å². The molecule has 1 N–H and O–H groups in total. The van der Waals surface area contributed by atoms with Crippen molar-refractivity contribution in [1.82, 2.24) is 19.7 Å². The fourth-order valence-corrected chi connectivity index (χ4v) is 2.07. The molecule has 2 heterocycles. The summed E-state index contributed by atoms with van der Waals surface area (Å²) in [6.45, 7) is 8.97. The molecule has 108 valence electrons. The van der Waals surface area contributed by atoms with Crippen molar-refractivity contribution < 1.29 is 4.74 Å². The number of aromatic nitrogens is 4. The Bertz CT molecular complexity index is 591. The summed E-state index contributed by atoms with van der Waals surface area (Å²) < 4.78 is 7.62. The van der Waals surface area contributed by atoms with Gasteiger partial charge >= 0.3 is 0 Å². The maximum Gasteiger partial charge on any atom is 0.229 e. The summed E-state index contributed by atoms with van der Waals surface area (Å²) in [6.07, 6.45) is 1.52. The van der Waals surface area contributed by atoms with Gasteiger partial charge in [0.1, 0.15) is 12.1 Å². The van der Waals surface area contributed by atoms with Crippen molar-refractivity contribution in [2.24, 2.45) is 7.05 Å². The van der Waals surface area contributed by atoms with E-state index in [1.165, 1.54) is 6.33 Å². The number of hydrogen-bond acceptors (Lipinski definition) is 5. The molecule has 0 saturated heterocycles. The third-order valence-corrected chi connectivity index (χ3v) is 2.93. The topological polar surface area (TPSA) is 64.9 Å². The van der Waals surface area contributed by atoms with E-state index in [1.807, 2.05) is 27.0 Å². The SMILES string of the molecule is CCNc1ncnc(Oc2cc(C)nn2C)c1C(C)C. The Balaban J connectivity index is 2.40. The van der Waals surface area contributed by atoms with E-state index in [0.29, 0.717) is 11.8 Å². The van der Waals surface area contributed by atoms with Crippen molar-refractivity contribution in [1.29, 1.82) is 0 Å². The Kier molecular flexibility index (Phi) is 4.22. The highest BCUT2D eigenvalue weighted by Gasteiger charge is 2.17. The zero-order valence-electron chi connectivity index (χ0n) is 12.6. The van der Waals surface area contributed by atoms with Gasteiger partial charge in [0.25, 0.3) is 0 Å². The average Bonchev–Trinajstić information content (AvgIpc) is 2.68. The van der Waals surface area contributed by atoms with Gasteiger partial charge in [-0.2, -0.15) is 5.10 Å². The van der Waals surface area contributed by atoms with Crippen LogP contribution in [-0.4, -0.2) is 26.3 Å². The molecule has 0 amide bonds. The van der Waals surface area contributed by atoms with Gasteiger partial charge in [-0.05, 0) is 19.8 Å². The monoisotopic (exact) mass is 275 g/mol. The molecule has 0 unspecified atom stereocenters. The van der Waals surface area contributed by atoms with Gasteiger partial charge < -0.3 is 10.1 Å². The highest BCUT2D eigenvalue weighted by atomic mass is 16.5. The van der Waals surface area contributed by atoms with Crippen molar-refractivity contribution in [2.45, 2.75) is 33.6 Å². The minimum Gasteiger partial charge on any atom is -0.420 e. The summed E-state index contributed by atoms with van der Waals surface area (Å²) in [5.74, 6) is 2.33. The largest absolute Gasteiger partial charge is 0.420 e. The standard InChI is InChI=1S/C14H21N5O/c1-6-15-13-12(9(2)3)14(17-8-16-13)20-11-7-10(4)18-19(11)5/h7-9H,6H2,1-5H3,(H,15,16,17). The molecule has 2 aromatic rings. The Morgan fingerprint density at radius 1 is 1.35 bits per heavy atom. The summed E-state index contributed by atoms with van der Waals surface area (Å²) in [6, 6.07) is 1.89. The molecule has 0 aliphatic rings. The molecule has 2 rings (SSSR count). The Hall–Kier alpha value is -2.11. The van der Waals surface area contributed by atoms with Gasteiger partial charge in [-0.3, -0.25) is 0 Å². The van der Waals surface area contributed by atoms with Crippen molar-refractivity contribution in [2.75, 3.05) is 11.9 Å². The van der Waals surface area contributed by atoms with E-state index in [9.17, 15) is 0 Å². The highest BCUT2D eigenvalue weighted by molar-refractivity contribution is 5.51. The molecule has 0 atom stereocenters. The highest BCUT2D eigenvalue weighted by Crippen LogP contribution is 2.32. The summed E-state index contributed by atoms with van der Waals surface area (Å²) in [5, 5.41) is 7.52. The second kappa shape index (κ2) is 5.90. The van der Waals surface area contributed by atoms with E-state index in [-0.39, 0.29) is 5.92 Å². The molecule has 2 aromatic heterocycles. The summed E-state index contributed by atoms with van der Waals surface area (Å²) in [5.41, 5.74) is 1.89. The van der Waals surface area contributed by atoms with Crippen LogP contribution >= 0.6 is 0 Å². The zero-order valence-corrected chi connectivity index (χ0v) is 12.6. The number of anilines is 1. The van der Waals surface area contributed by atoms with Gasteiger partial charge in [0, 0.05) is 19.7 Å². The lowest BCUT2D eigenvalue weighted by atomic mass is 10.1. The molecule has 0 aromatic carbocycles. The van der Waals surface area contributed by atoms with Crippen molar-refractivity contribution in [3.05, 3.63) is 23.7 Å². The zero-order chi connectivity index (χ0) is 14.7. The molecule has 6 heteroatoms. The van der Waals surface area contributed by atoms with Crippen LogP contribution in [0.4, 0.5) is 5.82 Å².